The Morgan fingerprint density at radius 2 is 1.96 bits per heavy atom. The number of ketones is 1. The highest BCUT2D eigenvalue weighted by Gasteiger charge is 2.68. The molecule has 0 heterocycles. The standard InChI is InChI=1S/C21H24F3NO2/c1-25(2)19-12-15-7-3-4-9-20(15,27)18(19)17(26)11-16(19)13-6-5-8-14(10-13)21(22,23)24/h5-6,8,10-11,15,18,27H,3-4,7,9,12H2,1-2H3/t15-,18+,19+,20+/m0/s1. The number of hydrogen-bond donors (Lipinski definition) is 1. The van der Waals surface area contributed by atoms with Crippen LogP contribution in [0.1, 0.15) is 43.2 Å². The summed E-state index contributed by atoms with van der Waals surface area (Å²) in [5.41, 5.74) is -1.53. The van der Waals surface area contributed by atoms with Crippen molar-refractivity contribution in [3.8, 4) is 0 Å². The van der Waals surface area contributed by atoms with Crippen LogP contribution in [0.3, 0.4) is 0 Å². The summed E-state index contributed by atoms with van der Waals surface area (Å²) in [6.45, 7) is 0. The van der Waals surface area contributed by atoms with Crippen molar-refractivity contribution in [2.45, 2.75) is 49.4 Å². The van der Waals surface area contributed by atoms with E-state index in [-0.39, 0.29) is 11.7 Å². The van der Waals surface area contributed by atoms with Crippen molar-refractivity contribution in [3.05, 3.63) is 41.5 Å². The van der Waals surface area contributed by atoms with Crippen LogP contribution in [-0.4, -0.2) is 41.0 Å². The normalized spacial score (nSPS) is 36.0. The lowest BCUT2D eigenvalue weighted by Crippen LogP contribution is -2.53. The van der Waals surface area contributed by atoms with Gasteiger partial charge in [-0.2, -0.15) is 13.2 Å². The minimum Gasteiger partial charge on any atom is -0.389 e. The maximum Gasteiger partial charge on any atom is 0.416 e. The smallest absolute Gasteiger partial charge is 0.389 e. The van der Waals surface area contributed by atoms with E-state index in [1.54, 1.807) is 6.07 Å². The predicted octanol–water partition coefficient (Wildman–Crippen LogP) is 3.91. The highest BCUT2D eigenvalue weighted by molar-refractivity contribution is 6.08. The highest BCUT2D eigenvalue weighted by atomic mass is 19.4. The maximum atomic E-state index is 13.2. The number of carbonyl (C=O) groups excluding carboxylic acids is 1. The second-order valence-corrected chi connectivity index (χ2v) is 8.43. The average molecular weight is 379 g/mol. The van der Waals surface area contributed by atoms with E-state index in [4.69, 9.17) is 0 Å². The molecule has 0 saturated heterocycles. The number of alkyl halides is 3. The van der Waals surface area contributed by atoms with Crippen molar-refractivity contribution in [1.29, 1.82) is 0 Å². The number of allylic oxidation sites excluding steroid dienone is 1. The lowest BCUT2D eigenvalue weighted by molar-refractivity contribution is -0.137. The van der Waals surface area contributed by atoms with Crippen molar-refractivity contribution >= 4 is 11.4 Å². The number of rotatable bonds is 2. The SMILES string of the molecule is CN(C)[C@@]12C[C@@H]3CCCC[C@]3(O)[C@@H]1C(=O)C=C2c1cccc(C(F)(F)F)c1. The first-order valence-electron chi connectivity index (χ1n) is 9.44. The van der Waals surface area contributed by atoms with Crippen LogP contribution in [0.2, 0.25) is 0 Å². The molecule has 0 aliphatic heterocycles. The molecule has 4 atom stereocenters. The minimum absolute atomic E-state index is 0.00269. The van der Waals surface area contributed by atoms with E-state index in [1.165, 1.54) is 12.1 Å². The van der Waals surface area contributed by atoms with Crippen molar-refractivity contribution < 1.29 is 23.1 Å². The lowest BCUT2D eigenvalue weighted by Gasteiger charge is -2.42. The van der Waals surface area contributed by atoms with Crippen LogP contribution < -0.4 is 0 Å². The molecule has 2 fully saturated rings. The third-order valence-corrected chi connectivity index (χ3v) is 6.96. The van der Waals surface area contributed by atoms with Crippen LogP contribution in [0.5, 0.6) is 0 Å². The predicted molar refractivity (Wildman–Crippen MR) is 95.9 cm³/mol. The molecule has 3 nitrogen and oxygen atoms in total. The van der Waals surface area contributed by atoms with Crippen molar-refractivity contribution in [2.24, 2.45) is 11.8 Å². The van der Waals surface area contributed by atoms with Gasteiger partial charge in [0.2, 0.25) is 0 Å². The van der Waals surface area contributed by atoms with Gasteiger partial charge in [-0.1, -0.05) is 25.0 Å². The first-order valence-corrected chi connectivity index (χ1v) is 9.44. The summed E-state index contributed by atoms with van der Waals surface area (Å²) in [6.07, 6.45) is 0.946. The van der Waals surface area contributed by atoms with Gasteiger partial charge in [0.05, 0.1) is 22.6 Å². The van der Waals surface area contributed by atoms with Gasteiger partial charge in [-0.05, 0) is 68.6 Å². The van der Waals surface area contributed by atoms with Crippen LogP contribution in [-0.2, 0) is 11.0 Å². The Labute approximate surface area is 156 Å². The van der Waals surface area contributed by atoms with E-state index in [9.17, 15) is 23.1 Å². The molecule has 3 aliphatic rings. The molecule has 1 aromatic carbocycles. The number of fused-ring (bicyclic) bond motifs is 3. The average Bonchev–Trinajstić information content (AvgIpc) is 3.06. The molecule has 2 saturated carbocycles. The molecule has 0 unspecified atom stereocenters. The summed E-state index contributed by atoms with van der Waals surface area (Å²) in [5.74, 6) is -0.782. The Morgan fingerprint density at radius 3 is 2.63 bits per heavy atom. The summed E-state index contributed by atoms with van der Waals surface area (Å²) >= 11 is 0. The number of likely N-dealkylation sites (N-methyl/N-ethyl adjacent to an activating group) is 1. The Morgan fingerprint density at radius 1 is 1.22 bits per heavy atom. The molecular formula is C21H24F3NO2. The molecule has 1 N–H and O–H groups in total. The second kappa shape index (κ2) is 5.92. The molecule has 0 radical (unpaired) electrons. The van der Waals surface area contributed by atoms with Gasteiger partial charge >= 0.3 is 6.18 Å². The molecule has 3 aliphatic carbocycles. The van der Waals surface area contributed by atoms with Crippen molar-refractivity contribution in [1.82, 2.24) is 4.90 Å². The van der Waals surface area contributed by atoms with Crippen LogP contribution in [0, 0.1) is 11.8 Å². The Bertz CT molecular complexity index is 816. The highest BCUT2D eigenvalue weighted by Crippen LogP contribution is 2.62. The zero-order valence-corrected chi connectivity index (χ0v) is 15.5. The number of hydrogen-bond acceptors (Lipinski definition) is 3. The lowest BCUT2D eigenvalue weighted by atomic mass is 9.71. The van der Waals surface area contributed by atoms with E-state index in [0.717, 1.165) is 31.4 Å². The maximum absolute atomic E-state index is 13.2. The monoisotopic (exact) mass is 379 g/mol. The van der Waals surface area contributed by atoms with E-state index < -0.39 is 28.8 Å². The van der Waals surface area contributed by atoms with Gasteiger partial charge in [0, 0.05) is 0 Å². The van der Waals surface area contributed by atoms with E-state index in [1.807, 2.05) is 19.0 Å². The molecule has 0 bridgehead atoms. The molecule has 0 spiro atoms. The van der Waals surface area contributed by atoms with Crippen molar-refractivity contribution in [3.63, 3.8) is 0 Å². The van der Waals surface area contributed by atoms with Gasteiger partial charge in [-0.15, -0.1) is 0 Å². The van der Waals surface area contributed by atoms with E-state index >= 15 is 0 Å². The summed E-state index contributed by atoms with van der Waals surface area (Å²) < 4.78 is 39.7. The minimum atomic E-state index is -4.44. The van der Waals surface area contributed by atoms with Gasteiger partial charge in [0.25, 0.3) is 0 Å². The molecule has 27 heavy (non-hydrogen) atoms. The van der Waals surface area contributed by atoms with E-state index in [0.29, 0.717) is 24.0 Å². The summed E-state index contributed by atoms with van der Waals surface area (Å²) in [5, 5.41) is 11.5. The third-order valence-electron chi connectivity index (χ3n) is 6.96. The summed E-state index contributed by atoms with van der Waals surface area (Å²) in [4.78, 5) is 14.9. The van der Waals surface area contributed by atoms with Gasteiger partial charge in [0.1, 0.15) is 0 Å². The zero-order chi connectivity index (χ0) is 19.6. The molecule has 6 heteroatoms. The molecule has 0 aromatic heterocycles. The number of halogens is 3. The first-order chi connectivity index (χ1) is 12.6. The fourth-order valence-electron chi connectivity index (χ4n) is 5.79. The third kappa shape index (κ3) is 2.53. The topological polar surface area (TPSA) is 40.5 Å². The van der Waals surface area contributed by atoms with Crippen LogP contribution in [0.25, 0.3) is 5.57 Å². The zero-order valence-electron chi connectivity index (χ0n) is 15.5. The second-order valence-electron chi connectivity index (χ2n) is 8.43. The quantitative estimate of drug-likeness (QED) is 0.847. The number of benzene rings is 1. The van der Waals surface area contributed by atoms with Gasteiger partial charge in [0.15, 0.2) is 5.78 Å². The first kappa shape index (κ1) is 18.7. The fraction of sp³-hybridized carbons (Fsp3) is 0.571. The van der Waals surface area contributed by atoms with Gasteiger partial charge < -0.3 is 5.11 Å². The fourth-order valence-corrected chi connectivity index (χ4v) is 5.79. The molecule has 0 amide bonds. The van der Waals surface area contributed by atoms with Crippen LogP contribution >= 0.6 is 0 Å². The molecule has 146 valence electrons. The van der Waals surface area contributed by atoms with Gasteiger partial charge in [-0.3, -0.25) is 9.69 Å². The number of aliphatic hydroxyl groups is 1. The van der Waals surface area contributed by atoms with Crippen molar-refractivity contribution in [2.75, 3.05) is 14.1 Å². The van der Waals surface area contributed by atoms with Gasteiger partial charge in [-0.25, -0.2) is 0 Å². The van der Waals surface area contributed by atoms with Crippen LogP contribution in [0.4, 0.5) is 13.2 Å². The molecule has 4 rings (SSSR count). The Hall–Kier alpha value is -1.66. The summed E-state index contributed by atoms with van der Waals surface area (Å²) in [6, 6.07) is 5.19. The Kier molecular flexibility index (Phi) is 4.10. The molecule has 1 aromatic rings. The van der Waals surface area contributed by atoms with Crippen LogP contribution in [0.15, 0.2) is 30.3 Å². The molecular weight excluding hydrogens is 355 g/mol. The number of carbonyl (C=O) groups is 1. The Balaban J connectivity index is 1.86. The largest absolute Gasteiger partial charge is 0.416 e. The summed E-state index contributed by atoms with van der Waals surface area (Å²) in [7, 11) is 3.71. The van der Waals surface area contributed by atoms with E-state index in [2.05, 4.69) is 0 Å². The number of nitrogens with zero attached hydrogens (tertiary/aromatic N) is 1.